The van der Waals surface area contributed by atoms with Crippen LogP contribution in [0.1, 0.15) is 23.6 Å². The SMILES string of the molecule is C=CCC(N)c1ccccc1-c1ccc(C)c(F)c1. The molecular weight excluding hydrogens is 237 g/mol. The van der Waals surface area contributed by atoms with E-state index in [-0.39, 0.29) is 11.9 Å². The van der Waals surface area contributed by atoms with E-state index in [2.05, 4.69) is 6.58 Å². The molecule has 2 aromatic rings. The molecule has 0 amide bonds. The molecule has 0 bridgehead atoms. The topological polar surface area (TPSA) is 26.0 Å². The summed E-state index contributed by atoms with van der Waals surface area (Å²) in [5, 5.41) is 0. The van der Waals surface area contributed by atoms with Gasteiger partial charge in [0.25, 0.3) is 0 Å². The molecule has 0 aliphatic heterocycles. The minimum absolute atomic E-state index is 0.113. The van der Waals surface area contributed by atoms with Crippen LogP contribution < -0.4 is 5.73 Å². The van der Waals surface area contributed by atoms with Crippen LogP contribution in [0, 0.1) is 12.7 Å². The second-order valence-electron chi connectivity index (χ2n) is 4.68. The van der Waals surface area contributed by atoms with Gasteiger partial charge in [0, 0.05) is 6.04 Å². The third-order valence-electron chi connectivity index (χ3n) is 3.26. The van der Waals surface area contributed by atoms with Gasteiger partial charge in [-0.05, 0) is 41.7 Å². The van der Waals surface area contributed by atoms with Crippen molar-refractivity contribution >= 4 is 0 Å². The molecule has 2 heteroatoms. The standard InChI is InChI=1S/C17H18FN/c1-3-6-17(19)15-8-5-4-7-14(15)13-10-9-12(2)16(18)11-13/h3-5,7-11,17H,1,6,19H2,2H3. The summed E-state index contributed by atoms with van der Waals surface area (Å²) in [5.74, 6) is -0.190. The Labute approximate surface area is 113 Å². The summed E-state index contributed by atoms with van der Waals surface area (Å²) in [5.41, 5.74) is 9.66. The van der Waals surface area contributed by atoms with Crippen LogP contribution in [0.5, 0.6) is 0 Å². The fourth-order valence-corrected chi connectivity index (χ4v) is 2.15. The van der Waals surface area contributed by atoms with E-state index in [1.807, 2.05) is 30.3 Å². The quantitative estimate of drug-likeness (QED) is 0.806. The zero-order valence-electron chi connectivity index (χ0n) is 11.1. The molecule has 0 aliphatic carbocycles. The predicted molar refractivity (Wildman–Crippen MR) is 78.3 cm³/mol. The number of benzene rings is 2. The fraction of sp³-hybridized carbons (Fsp3) is 0.176. The van der Waals surface area contributed by atoms with Crippen LogP contribution in [0.4, 0.5) is 4.39 Å². The number of aryl methyl sites for hydroxylation is 1. The van der Waals surface area contributed by atoms with Crippen molar-refractivity contribution in [3.05, 3.63) is 72.1 Å². The second kappa shape index (κ2) is 5.81. The molecule has 1 nitrogen and oxygen atoms in total. The van der Waals surface area contributed by atoms with Crippen molar-refractivity contribution in [2.24, 2.45) is 5.73 Å². The van der Waals surface area contributed by atoms with Gasteiger partial charge in [0.2, 0.25) is 0 Å². The normalized spacial score (nSPS) is 12.2. The maximum Gasteiger partial charge on any atom is 0.126 e. The van der Waals surface area contributed by atoms with Crippen LogP contribution in [-0.4, -0.2) is 0 Å². The highest BCUT2D eigenvalue weighted by molar-refractivity contribution is 5.68. The van der Waals surface area contributed by atoms with Crippen molar-refractivity contribution in [3.8, 4) is 11.1 Å². The molecule has 0 aromatic heterocycles. The molecule has 1 unspecified atom stereocenters. The minimum Gasteiger partial charge on any atom is -0.324 e. The highest BCUT2D eigenvalue weighted by Gasteiger charge is 2.11. The summed E-state index contributed by atoms with van der Waals surface area (Å²) < 4.78 is 13.7. The second-order valence-corrected chi connectivity index (χ2v) is 4.68. The van der Waals surface area contributed by atoms with Gasteiger partial charge in [0.1, 0.15) is 5.82 Å². The van der Waals surface area contributed by atoms with E-state index in [9.17, 15) is 4.39 Å². The van der Waals surface area contributed by atoms with Gasteiger partial charge in [-0.2, -0.15) is 0 Å². The first-order chi connectivity index (χ1) is 9.13. The van der Waals surface area contributed by atoms with Crippen LogP contribution in [0.15, 0.2) is 55.1 Å². The average molecular weight is 255 g/mol. The summed E-state index contributed by atoms with van der Waals surface area (Å²) in [6.07, 6.45) is 2.50. The maximum atomic E-state index is 13.7. The van der Waals surface area contributed by atoms with Crippen molar-refractivity contribution in [1.82, 2.24) is 0 Å². The molecule has 2 N–H and O–H groups in total. The fourth-order valence-electron chi connectivity index (χ4n) is 2.15. The van der Waals surface area contributed by atoms with E-state index in [1.54, 1.807) is 25.1 Å². The lowest BCUT2D eigenvalue weighted by Gasteiger charge is -2.15. The largest absolute Gasteiger partial charge is 0.324 e. The molecule has 0 saturated carbocycles. The van der Waals surface area contributed by atoms with E-state index >= 15 is 0 Å². The third-order valence-corrected chi connectivity index (χ3v) is 3.26. The number of halogens is 1. The van der Waals surface area contributed by atoms with E-state index in [0.717, 1.165) is 16.7 Å². The van der Waals surface area contributed by atoms with Gasteiger partial charge >= 0.3 is 0 Å². The number of nitrogens with two attached hydrogens (primary N) is 1. The molecule has 2 rings (SSSR count). The first-order valence-electron chi connectivity index (χ1n) is 6.35. The molecule has 0 aliphatic rings. The number of hydrogen-bond acceptors (Lipinski definition) is 1. The summed E-state index contributed by atoms with van der Waals surface area (Å²) in [7, 11) is 0. The molecule has 19 heavy (non-hydrogen) atoms. The first-order valence-corrected chi connectivity index (χ1v) is 6.35. The zero-order valence-corrected chi connectivity index (χ0v) is 11.1. The van der Waals surface area contributed by atoms with Crippen molar-refractivity contribution in [1.29, 1.82) is 0 Å². The highest BCUT2D eigenvalue weighted by Crippen LogP contribution is 2.29. The van der Waals surface area contributed by atoms with Gasteiger partial charge in [0.05, 0.1) is 0 Å². The molecule has 0 saturated heterocycles. The summed E-state index contributed by atoms with van der Waals surface area (Å²) >= 11 is 0. The predicted octanol–water partition coefficient (Wildman–Crippen LogP) is 4.38. The number of rotatable bonds is 4. The zero-order chi connectivity index (χ0) is 13.8. The van der Waals surface area contributed by atoms with E-state index in [4.69, 9.17) is 5.73 Å². The van der Waals surface area contributed by atoms with Gasteiger partial charge in [-0.1, -0.05) is 42.5 Å². The van der Waals surface area contributed by atoms with Crippen LogP contribution in [0.2, 0.25) is 0 Å². The van der Waals surface area contributed by atoms with E-state index < -0.39 is 0 Å². The van der Waals surface area contributed by atoms with Crippen molar-refractivity contribution < 1.29 is 4.39 Å². The molecule has 0 radical (unpaired) electrons. The van der Waals surface area contributed by atoms with Gasteiger partial charge < -0.3 is 5.73 Å². The minimum atomic E-state index is -0.190. The first kappa shape index (κ1) is 13.5. The van der Waals surface area contributed by atoms with Crippen molar-refractivity contribution in [3.63, 3.8) is 0 Å². The van der Waals surface area contributed by atoms with Gasteiger partial charge in [-0.25, -0.2) is 4.39 Å². The summed E-state index contributed by atoms with van der Waals surface area (Å²) in [6.45, 7) is 5.47. The Morgan fingerprint density at radius 2 is 2.00 bits per heavy atom. The summed E-state index contributed by atoms with van der Waals surface area (Å²) in [4.78, 5) is 0. The Morgan fingerprint density at radius 1 is 1.26 bits per heavy atom. The lowest BCUT2D eigenvalue weighted by Crippen LogP contribution is -2.10. The molecule has 1 atom stereocenters. The number of hydrogen-bond donors (Lipinski definition) is 1. The molecule has 98 valence electrons. The highest BCUT2D eigenvalue weighted by atomic mass is 19.1. The Bertz CT molecular complexity index is 590. The Hall–Kier alpha value is -1.93. The van der Waals surface area contributed by atoms with Crippen LogP contribution >= 0.6 is 0 Å². The van der Waals surface area contributed by atoms with Gasteiger partial charge in [-0.15, -0.1) is 6.58 Å². The van der Waals surface area contributed by atoms with Crippen molar-refractivity contribution in [2.75, 3.05) is 0 Å². The smallest absolute Gasteiger partial charge is 0.126 e. The third kappa shape index (κ3) is 2.91. The molecule has 0 heterocycles. The van der Waals surface area contributed by atoms with Crippen LogP contribution in [-0.2, 0) is 0 Å². The van der Waals surface area contributed by atoms with Crippen LogP contribution in [0.3, 0.4) is 0 Å². The lowest BCUT2D eigenvalue weighted by atomic mass is 9.93. The molecule has 0 fully saturated rings. The van der Waals surface area contributed by atoms with Gasteiger partial charge in [0.15, 0.2) is 0 Å². The van der Waals surface area contributed by atoms with E-state index in [0.29, 0.717) is 12.0 Å². The van der Waals surface area contributed by atoms with Crippen molar-refractivity contribution in [2.45, 2.75) is 19.4 Å². The Balaban J connectivity index is 2.49. The Kier molecular flexibility index (Phi) is 4.13. The lowest BCUT2D eigenvalue weighted by molar-refractivity contribution is 0.619. The molecule has 2 aromatic carbocycles. The monoisotopic (exact) mass is 255 g/mol. The van der Waals surface area contributed by atoms with E-state index in [1.165, 1.54) is 0 Å². The maximum absolute atomic E-state index is 13.7. The molecule has 0 spiro atoms. The van der Waals surface area contributed by atoms with Gasteiger partial charge in [-0.3, -0.25) is 0 Å². The Morgan fingerprint density at radius 3 is 2.68 bits per heavy atom. The molecular formula is C17H18FN. The average Bonchev–Trinajstić information content (AvgIpc) is 2.42. The summed E-state index contributed by atoms with van der Waals surface area (Å²) in [6, 6.07) is 13.0. The van der Waals surface area contributed by atoms with Crippen LogP contribution in [0.25, 0.3) is 11.1 Å².